The van der Waals surface area contributed by atoms with Gasteiger partial charge in [0.1, 0.15) is 11.5 Å². The molecule has 1 heterocycles. The summed E-state index contributed by atoms with van der Waals surface area (Å²) in [4.78, 5) is 10.5. The molecule has 1 amide bonds. The van der Waals surface area contributed by atoms with E-state index in [0.717, 1.165) is 0 Å². The van der Waals surface area contributed by atoms with Crippen LogP contribution in [0, 0.1) is 0 Å². The summed E-state index contributed by atoms with van der Waals surface area (Å²) < 4.78 is 1.34. The number of nitrogen functional groups attached to an aromatic ring is 1. The zero-order valence-corrected chi connectivity index (χ0v) is 6.76. The lowest BCUT2D eigenvalue weighted by atomic mass is 10.4. The van der Waals surface area contributed by atoms with E-state index in [2.05, 4.69) is 5.10 Å². The van der Waals surface area contributed by atoms with E-state index < -0.39 is 5.91 Å². The highest BCUT2D eigenvalue weighted by atomic mass is 35.5. The van der Waals surface area contributed by atoms with E-state index in [4.69, 9.17) is 11.5 Å². The zero-order valence-electron chi connectivity index (χ0n) is 5.94. The van der Waals surface area contributed by atoms with Crippen LogP contribution in [0.5, 0.6) is 0 Å². The number of carbonyl (C=O) groups is 1. The Morgan fingerprint density at radius 1 is 1.73 bits per heavy atom. The van der Waals surface area contributed by atoms with Crippen molar-refractivity contribution < 1.29 is 4.79 Å². The van der Waals surface area contributed by atoms with E-state index in [1.807, 2.05) is 0 Å². The fraction of sp³-hybridized carbons (Fsp3) is 0.200. The molecule has 0 fully saturated rings. The van der Waals surface area contributed by atoms with E-state index in [1.54, 1.807) is 7.05 Å². The van der Waals surface area contributed by atoms with E-state index in [0.29, 0.717) is 11.5 Å². The number of aryl methyl sites for hydroxylation is 1. The lowest BCUT2D eigenvalue weighted by Gasteiger charge is -1.91. The topological polar surface area (TPSA) is 86.9 Å². The minimum atomic E-state index is -0.522. The van der Waals surface area contributed by atoms with Gasteiger partial charge in [-0.05, 0) is 0 Å². The number of amides is 1. The Bertz CT molecular complexity index is 269. The summed E-state index contributed by atoms with van der Waals surface area (Å²) in [5.41, 5.74) is 10.6. The first-order valence-corrected chi connectivity index (χ1v) is 2.70. The number of nitrogens with zero attached hydrogens (tertiary/aromatic N) is 2. The number of rotatable bonds is 1. The van der Waals surface area contributed by atoms with Crippen LogP contribution in [-0.2, 0) is 7.05 Å². The fourth-order valence-corrected chi connectivity index (χ4v) is 0.720. The predicted octanol–water partition coefficient (Wildman–Crippen LogP) is -0.477. The summed E-state index contributed by atoms with van der Waals surface area (Å²) in [6.07, 6.45) is 0. The molecule has 0 radical (unpaired) electrons. The summed E-state index contributed by atoms with van der Waals surface area (Å²) >= 11 is 0. The van der Waals surface area contributed by atoms with Gasteiger partial charge < -0.3 is 11.5 Å². The molecule has 0 spiro atoms. The van der Waals surface area contributed by atoms with Gasteiger partial charge in [-0.25, -0.2) is 0 Å². The molecular formula is C5H9ClN4O. The van der Waals surface area contributed by atoms with Crippen LogP contribution in [-0.4, -0.2) is 15.7 Å². The Balaban J connectivity index is 0.000001000. The Morgan fingerprint density at radius 3 is 2.45 bits per heavy atom. The standard InChI is InChI=1S/C5H8N4O.ClH/c1-9-3(5(7)10)2-4(6)8-9;/h2H,1H3,(H2,6,8)(H2,7,10);1H. The lowest BCUT2D eigenvalue weighted by Crippen LogP contribution is -2.15. The number of halogens is 1. The largest absolute Gasteiger partial charge is 0.382 e. The van der Waals surface area contributed by atoms with Gasteiger partial charge in [0.15, 0.2) is 0 Å². The van der Waals surface area contributed by atoms with Crippen LogP contribution >= 0.6 is 12.4 Å². The number of nitrogens with two attached hydrogens (primary N) is 2. The highest BCUT2D eigenvalue weighted by Gasteiger charge is 2.06. The van der Waals surface area contributed by atoms with Crippen molar-refractivity contribution in [3.05, 3.63) is 11.8 Å². The van der Waals surface area contributed by atoms with Gasteiger partial charge in [-0.1, -0.05) is 0 Å². The van der Waals surface area contributed by atoms with Crippen LogP contribution in [0.4, 0.5) is 5.82 Å². The number of carbonyl (C=O) groups excluding carboxylic acids is 1. The van der Waals surface area contributed by atoms with Crippen molar-refractivity contribution in [2.24, 2.45) is 12.8 Å². The van der Waals surface area contributed by atoms with Crippen molar-refractivity contribution >= 4 is 24.1 Å². The normalized spacial score (nSPS) is 8.82. The summed E-state index contributed by atoms with van der Waals surface area (Å²) in [6, 6.07) is 1.43. The molecule has 0 unspecified atom stereocenters. The molecule has 0 aromatic carbocycles. The van der Waals surface area contributed by atoms with Gasteiger partial charge >= 0.3 is 0 Å². The maximum atomic E-state index is 10.5. The quantitative estimate of drug-likeness (QED) is 0.606. The first kappa shape index (κ1) is 9.77. The van der Waals surface area contributed by atoms with Crippen LogP contribution in [0.3, 0.4) is 0 Å². The minimum Gasteiger partial charge on any atom is -0.382 e. The van der Waals surface area contributed by atoms with Crippen molar-refractivity contribution in [3.8, 4) is 0 Å². The molecular weight excluding hydrogens is 168 g/mol. The molecule has 1 aromatic rings. The van der Waals surface area contributed by atoms with Crippen molar-refractivity contribution in [1.82, 2.24) is 9.78 Å². The van der Waals surface area contributed by atoms with Gasteiger partial charge in [-0.2, -0.15) is 5.10 Å². The first-order chi connectivity index (χ1) is 4.61. The molecule has 0 aliphatic heterocycles. The predicted molar refractivity (Wildman–Crippen MR) is 43.4 cm³/mol. The molecule has 6 heteroatoms. The number of hydrogen-bond acceptors (Lipinski definition) is 3. The Labute approximate surface area is 69.8 Å². The second-order valence-electron chi connectivity index (χ2n) is 1.94. The van der Waals surface area contributed by atoms with E-state index >= 15 is 0 Å². The molecule has 0 saturated carbocycles. The second-order valence-corrected chi connectivity index (χ2v) is 1.94. The maximum Gasteiger partial charge on any atom is 0.267 e. The molecule has 11 heavy (non-hydrogen) atoms. The third-order valence-corrected chi connectivity index (χ3v) is 1.15. The highest BCUT2D eigenvalue weighted by molar-refractivity contribution is 5.91. The number of anilines is 1. The number of aromatic nitrogens is 2. The molecule has 0 aliphatic rings. The Morgan fingerprint density at radius 2 is 2.27 bits per heavy atom. The molecule has 1 aromatic heterocycles. The summed E-state index contributed by atoms with van der Waals surface area (Å²) in [7, 11) is 1.61. The molecule has 62 valence electrons. The van der Waals surface area contributed by atoms with Crippen molar-refractivity contribution in [2.45, 2.75) is 0 Å². The number of hydrogen-bond donors (Lipinski definition) is 2. The van der Waals surface area contributed by atoms with Gasteiger partial charge in [0, 0.05) is 13.1 Å². The lowest BCUT2D eigenvalue weighted by molar-refractivity contribution is 0.0991. The van der Waals surface area contributed by atoms with Gasteiger partial charge in [-0.3, -0.25) is 9.48 Å². The second kappa shape index (κ2) is 3.25. The van der Waals surface area contributed by atoms with Crippen LogP contribution in [0.15, 0.2) is 6.07 Å². The molecule has 0 aliphatic carbocycles. The smallest absolute Gasteiger partial charge is 0.267 e. The third kappa shape index (κ3) is 1.84. The monoisotopic (exact) mass is 176 g/mol. The first-order valence-electron chi connectivity index (χ1n) is 2.70. The van der Waals surface area contributed by atoms with Gasteiger partial charge in [0.2, 0.25) is 0 Å². The van der Waals surface area contributed by atoms with Crippen LogP contribution in [0.2, 0.25) is 0 Å². The maximum absolute atomic E-state index is 10.5. The minimum absolute atomic E-state index is 0. The van der Waals surface area contributed by atoms with Crippen molar-refractivity contribution in [1.29, 1.82) is 0 Å². The van der Waals surface area contributed by atoms with Crippen LogP contribution in [0.25, 0.3) is 0 Å². The molecule has 0 saturated heterocycles. The average Bonchev–Trinajstić information content (AvgIpc) is 2.10. The van der Waals surface area contributed by atoms with Crippen molar-refractivity contribution in [2.75, 3.05) is 5.73 Å². The van der Waals surface area contributed by atoms with Crippen LogP contribution in [0.1, 0.15) is 10.5 Å². The fourth-order valence-electron chi connectivity index (χ4n) is 0.720. The van der Waals surface area contributed by atoms with Crippen molar-refractivity contribution in [3.63, 3.8) is 0 Å². The van der Waals surface area contributed by atoms with Gasteiger partial charge in [0.25, 0.3) is 5.91 Å². The van der Waals surface area contributed by atoms with Gasteiger partial charge in [0.05, 0.1) is 0 Å². The third-order valence-electron chi connectivity index (χ3n) is 1.15. The van der Waals surface area contributed by atoms with Crippen LogP contribution < -0.4 is 11.5 Å². The Hall–Kier alpha value is -1.23. The Kier molecular flexibility index (Phi) is 2.88. The van der Waals surface area contributed by atoms with Gasteiger partial charge in [-0.15, -0.1) is 12.4 Å². The zero-order chi connectivity index (χ0) is 7.72. The number of primary amides is 1. The average molecular weight is 177 g/mol. The highest BCUT2D eigenvalue weighted by Crippen LogP contribution is 2.01. The summed E-state index contributed by atoms with van der Waals surface area (Å²) in [5.74, 6) is -0.219. The summed E-state index contributed by atoms with van der Waals surface area (Å²) in [5, 5.41) is 3.73. The summed E-state index contributed by atoms with van der Waals surface area (Å²) in [6.45, 7) is 0. The molecule has 0 bridgehead atoms. The SMILES string of the molecule is Cl.Cn1nc(N)cc1C(N)=O. The van der Waals surface area contributed by atoms with E-state index in [9.17, 15) is 4.79 Å². The molecule has 4 N–H and O–H groups in total. The molecule has 0 atom stereocenters. The van der Waals surface area contributed by atoms with E-state index in [-0.39, 0.29) is 12.4 Å². The molecule has 1 rings (SSSR count). The van der Waals surface area contributed by atoms with E-state index in [1.165, 1.54) is 10.7 Å². The molecule has 5 nitrogen and oxygen atoms in total.